The van der Waals surface area contributed by atoms with Gasteiger partial charge in [0.25, 0.3) is 0 Å². The lowest BCUT2D eigenvalue weighted by Crippen LogP contribution is -2.26. The fraction of sp³-hybridized carbons (Fsp3) is 0.474. The molecule has 2 aromatic rings. The molecule has 24 heavy (non-hydrogen) atoms. The summed E-state index contributed by atoms with van der Waals surface area (Å²) in [5.41, 5.74) is 4.88. The van der Waals surface area contributed by atoms with Crippen LogP contribution in [0.5, 0.6) is 0 Å². The monoisotopic (exact) mass is 389 g/mol. The molecule has 2 aromatic heterocycles. The van der Waals surface area contributed by atoms with Crippen LogP contribution in [0, 0.1) is 12.3 Å². The normalized spacial score (nSPS) is 15.4. The number of hydrogen-bond acceptors (Lipinski definition) is 3. The molecule has 128 valence electrons. The van der Waals surface area contributed by atoms with Crippen molar-refractivity contribution in [3.63, 3.8) is 0 Å². The summed E-state index contributed by atoms with van der Waals surface area (Å²) in [6.45, 7) is 8.25. The first-order valence-corrected chi connectivity index (χ1v) is 9.10. The van der Waals surface area contributed by atoms with Gasteiger partial charge in [-0.15, -0.1) is 0 Å². The predicted octanol–water partition coefficient (Wildman–Crippen LogP) is 4.03. The molecule has 2 heterocycles. The van der Waals surface area contributed by atoms with E-state index in [2.05, 4.69) is 64.3 Å². The van der Waals surface area contributed by atoms with Gasteiger partial charge < -0.3 is 9.47 Å². The van der Waals surface area contributed by atoms with Crippen molar-refractivity contribution < 1.29 is 4.79 Å². The van der Waals surface area contributed by atoms with Crippen LogP contribution < -0.4 is 4.90 Å². The van der Waals surface area contributed by atoms with Gasteiger partial charge in [0.1, 0.15) is 5.82 Å². The van der Waals surface area contributed by atoms with Crippen LogP contribution >= 0.6 is 15.9 Å². The van der Waals surface area contributed by atoms with Crippen molar-refractivity contribution in [3.8, 4) is 0 Å². The Kier molecular flexibility index (Phi) is 4.56. The van der Waals surface area contributed by atoms with Gasteiger partial charge in [-0.05, 0) is 42.9 Å². The molecule has 3 rings (SSSR count). The number of aromatic nitrogens is 2. The lowest BCUT2D eigenvalue weighted by molar-refractivity contribution is 0.111. The smallest absolute Gasteiger partial charge is 0.166 e. The zero-order valence-electron chi connectivity index (χ0n) is 14.8. The van der Waals surface area contributed by atoms with Gasteiger partial charge >= 0.3 is 0 Å². The Bertz CT molecular complexity index is 779. The van der Waals surface area contributed by atoms with E-state index in [-0.39, 0.29) is 0 Å². The van der Waals surface area contributed by atoms with E-state index in [4.69, 9.17) is 0 Å². The first-order valence-electron chi connectivity index (χ1n) is 8.31. The standard InChI is InChI=1S/C19H24BrN3O/c1-13-16(20)5-6-21-18(13)22(4)7-8-23-15(12-24)9-14-10-19(2,3)11-17(14)23/h5-6,9,12H,7-8,10-11H2,1-4H3. The largest absolute Gasteiger partial charge is 0.358 e. The highest BCUT2D eigenvalue weighted by Gasteiger charge is 2.32. The van der Waals surface area contributed by atoms with Crippen LogP contribution in [0.2, 0.25) is 0 Å². The second-order valence-electron chi connectivity index (χ2n) is 7.49. The van der Waals surface area contributed by atoms with Crippen molar-refractivity contribution in [3.05, 3.63) is 45.3 Å². The number of likely N-dealkylation sites (N-methyl/N-ethyl adjacent to an activating group) is 1. The third-order valence-electron chi connectivity index (χ3n) is 4.90. The number of pyridine rings is 1. The van der Waals surface area contributed by atoms with E-state index in [1.165, 1.54) is 11.3 Å². The van der Waals surface area contributed by atoms with Gasteiger partial charge in [0, 0.05) is 42.1 Å². The Morgan fingerprint density at radius 3 is 2.88 bits per heavy atom. The molecule has 0 fully saturated rings. The number of nitrogens with zero attached hydrogens (tertiary/aromatic N) is 3. The molecule has 0 saturated carbocycles. The van der Waals surface area contributed by atoms with E-state index < -0.39 is 0 Å². The molecule has 0 spiro atoms. The van der Waals surface area contributed by atoms with Gasteiger partial charge in [0.15, 0.2) is 6.29 Å². The minimum Gasteiger partial charge on any atom is -0.358 e. The van der Waals surface area contributed by atoms with Crippen LogP contribution in [0.15, 0.2) is 22.8 Å². The zero-order valence-corrected chi connectivity index (χ0v) is 16.4. The second-order valence-corrected chi connectivity index (χ2v) is 8.35. The summed E-state index contributed by atoms with van der Waals surface area (Å²) >= 11 is 3.56. The van der Waals surface area contributed by atoms with Crippen LogP contribution in [0.4, 0.5) is 5.82 Å². The number of fused-ring (bicyclic) bond motifs is 1. The summed E-state index contributed by atoms with van der Waals surface area (Å²) in [4.78, 5) is 18.1. The minimum absolute atomic E-state index is 0.294. The first-order chi connectivity index (χ1) is 11.3. The molecule has 1 aliphatic rings. The SMILES string of the molecule is Cc1c(Br)ccnc1N(C)CCn1c(C=O)cc2c1CC(C)(C)C2. The number of rotatable bonds is 5. The first kappa shape index (κ1) is 17.2. The highest BCUT2D eigenvalue weighted by molar-refractivity contribution is 9.10. The molecule has 0 unspecified atom stereocenters. The van der Waals surface area contributed by atoms with Crippen molar-refractivity contribution in [2.45, 2.75) is 40.2 Å². The fourth-order valence-electron chi connectivity index (χ4n) is 3.67. The van der Waals surface area contributed by atoms with Crippen molar-refractivity contribution in [1.82, 2.24) is 9.55 Å². The maximum atomic E-state index is 11.5. The molecule has 0 bridgehead atoms. The summed E-state index contributed by atoms with van der Waals surface area (Å²) in [6.07, 6.45) is 4.88. The van der Waals surface area contributed by atoms with Crippen molar-refractivity contribution in [2.24, 2.45) is 5.41 Å². The van der Waals surface area contributed by atoms with E-state index in [1.807, 2.05) is 12.3 Å². The summed E-state index contributed by atoms with van der Waals surface area (Å²) < 4.78 is 3.26. The van der Waals surface area contributed by atoms with E-state index >= 15 is 0 Å². The summed E-state index contributed by atoms with van der Waals surface area (Å²) in [6, 6.07) is 4.03. The van der Waals surface area contributed by atoms with Crippen molar-refractivity contribution in [2.75, 3.05) is 18.5 Å². The molecule has 0 saturated heterocycles. The predicted molar refractivity (Wildman–Crippen MR) is 101 cm³/mol. The lowest BCUT2D eigenvalue weighted by Gasteiger charge is -2.23. The molecule has 0 atom stereocenters. The lowest BCUT2D eigenvalue weighted by atomic mass is 9.90. The average Bonchev–Trinajstić information content (AvgIpc) is 2.99. The van der Waals surface area contributed by atoms with Gasteiger partial charge in [-0.1, -0.05) is 29.8 Å². The van der Waals surface area contributed by atoms with Gasteiger partial charge in [-0.2, -0.15) is 0 Å². The molecule has 0 radical (unpaired) electrons. The molecule has 1 aliphatic carbocycles. The van der Waals surface area contributed by atoms with E-state index in [1.54, 1.807) is 0 Å². The second kappa shape index (κ2) is 6.36. The molecule has 4 nitrogen and oxygen atoms in total. The number of anilines is 1. The highest BCUT2D eigenvalue weighted by Crippen LogP contribution is 2.37. The van der Waals surface area contributed by atoms with Gasteiger partial charge in [0.2, 0.25) is 0 Å². The maximum Gasteiger partial charge on any atom is 0.166 e. The minimum atomic E-state index is 0.294. The molecular weight excluding hydrogens is 366 g/mol. The zero-order chi connectivity index (χ0) is 17.5. The van der Waals surface area contributed by atoms with Gasteiger partial charge in [-0.3, -0.25) is 4.79 Å². The number of carbonyl (C=O) groups is 1. The summed E-state index contributed by atoms with van der Waals surface area (Å²) in [7, 11) is 2.05. The average molecular weight is 390 g/mol. The van der Waals surface area contributed by atoms with Crippen LogP contribution in [0.3, 0.4) is 0 Å². The van der Waals surface area contributed by atoms with Crippen LogP contribution in [-0.4, -0.2) is 29.4 Å². The Morgan fingerprint density at radius 1 is 1.42 bits per heavy atom. The van der Waals surface area contributed by atoms with E-state index in [9.17, 15) is 4.79 Å². The number of aldehydes is 1. The molecule has 0 aromatic carbocycles. The topological polar surface area (TPSA) is 38.1 Å². The summed E-state index contributed by atoms with van der Waals surface area (Å²) in [5, 5.41) is 0. The number of halogens is 1. The maximum absolute atomic E-state index is 11.5. The third-order valence-corrected chi connectivity index (χ3v) is 5.76. The fourth-order valence-corrected chi connectivity index (χ4v) is 3.96. The summed E-state index contributed by atoms with van der Waals surface area (Å²) in [5.74, 6) is 0.973. The molecule has 0 N–H and O–H groups in total. The Labute approximate surface area is 152 Å². The number of hydrogen-bond donors (Lipinski definition) is 0. The van der Waals surface area contributed by atoms with Crippen LogP contribution in [0.25, 0.3) is 0 Å². The Hall–Kier alpha value is -1.62. The third kappa shape index (κ3) is 3.14. The molecule has 0 amide bonds. The molecule has 0 aliphatic heterocycles. The van der Waals surface area contributed by atoms with Crippen molar-refractivity contribution in [1.29, 1.82) is 0 Å². The van der Waals surface area contributed by atoms with Crippen molar-refractivity contribution >= 4 is 28.0 Å². The Balaban J connectivity index is 1.80. The van der Waals surface area contributed by atoms with Gasteiger partial charge in [0.05, 0.1) is 5.69 Å². The van der Waals surface area contributed by atoms with E-state index in [0.29, 0.717) is 5.41 Å². The molecular formula is C19H24BrN3O. The van der Waals surface area contributed by atoms with Gasteiger partial charge in [-0.25, -0.2) is 4.98 Å². The molecule has 5 heteroatoms. The number of carbonyl (C=O) groups excluding carboxylic acids is 1. The van der Waals surface area contributed by atoms with Crippen LogP contribution in [-0.2, 0) is 19.4 Å². The highest BCUT2D eigenvalue weighted by atomic mass is 79.9. The van der Waals surface area contributed by atoms with Crippen LogP contribution in [0.1, 0.15) is 41.2 Å². The Morgan fingerprint density at radius 2 is 2.17 bits per heavy atom. The quantitative estimate of drug-likeness (QED) is 0.724. The van der Waals surface area contributed by atoms with E-state index in [0.717, 1.165) is 53.8 Å².